The Morgan fingerprint density at radius 3 is 2.61 bits per heavy atom. The maximum Gasteiger partial charge on any atom is 0.390 e. The van der Waals surface area contributed by atoms with Crippen LogP contribution in [0.5, 0.6) is 0 Å². The Morgan fingerprint density at radius 2 is 1.90 bits per heavy atom. The number of nitrogens with one attached hydrogen (secondary N) is 2. The van der Waals surface area contributed by atoms with Gasteiger partial charge >= 0.3 is 6.18 Å². The van der Waals surface area contributed by atoms with Crippen LogP contribution in [0.25, 0.3) is 10.9 Å². The van der Waals surface area contributed by atoms with E-state index in [9.17, 15) is 18.0 Å². The van der Waals surface area contributed by atoms with Gasteiger partial charge in [-0.2, -0.15) is 24.9 Å². The van der Waals surface area contributed by atoms with E-state index in [1.54, 1.807) is 11.8 Å². The lowest BCUT2D eigenvalue weighted by atomic mass is 10.1. The second kappa shape index (κ2) is 9.81. The van der Waals surface area contributed by atoms with Gasteiger partial charge in [-0.1, -0.05) is 12.8 Å². The number of aromatic amines is 1. The molecule has 0 spiro atoms. The number of hydrogen-bond acceptors (Lipinski definition) is 5. The molecule has 5 nitrogen and oxygen atoms in total. The fourth-order valence-corrected chi connectivity index (χ4v) is 5.51. The number of alkyl halides is 3. The lowest BCUT2D eigenvalue weighted by Gasteiger charge is -2.31. The van der Waals surface area contributed by atoms with Crippen molar-refractivity contribution < 1.29 is 13.2 Å². The van der Waals surface area contributed by atoms with Gasteiger partial charge in [0.15, 0.2) is 0 Å². The zero-order valence-corrected chi connectivity index (χ0v) is 18.3. The number of piperidine rings is 1. The SMILES string of the molecule is O=c1[nH]c(CSC2CCN(CCC(F)(F)F)CC2)nc2cc(NC3CCCC3)ccc12. The van der Waals surface area contributed by atoms with Crippen LogP contribution in [0.3, 0.4) is 0 Å². The van der Waals surface area contributed by atoms with E-state index in [0.29, 0.717) is 46.9 Å². The van der Waals surface area contributed by atoms with Crippen LogP contribution in [0.15, 0.2) is 23.0 Å². The third kappa shape index (κ3) is 6.38. The summed E-state index contributed by atoms with van der Waals surface area (Å²) in [4.78, 5) is 21.9. The molecule has 2 heterocycles. The Balaban J connectivity index is 1.32. The maximum atomic E-state index is 12.5. The highest BCUT2D eigenvalue weighted by Crippen LogP contribution is 2.28. The number of hydrogen-bond donors (Lipinski definition) is 2. The van der Waals surface area contributed by atoms with Gasteiger partial charge in [-0.05, 0) is 57.0 Å². The lowest BCUT2D eigenvalue weighted by molar-refractivity contribution is -0.138. The molecule has 0 radical (unpaired) electrons. The molecule has 31 heavy (non-hydrogen) atoms. The van der Waals surface area contributed by atoms with E-state index in [1.165, 1.54) is 25.7 Å². The Labute approximate surface area is 184 Å². The summed E-state index contributed by atoms with van der Waals surface area (Å²) in [6, 6.07) is 6.22. The average Bonchev–Trinajstić information content (AvgIpc) is 3.24. The van der Waals surface area contributed by atoms with Crippen LogP contribution < -0.4 is 10.9 Å². The second-order valence-corrected chi connectivity index (χ2v) is 9.88. The van der Waals surface area contributed by atoms with Crippen LogP contribution in [-0.2, 0) is 5.75 Å². The monoisotopic (exact) mass is 454 g/mol. The first-order valence-corrected chi connectivity index (χ1v) is 12.1. The lowest BCUT2D eigenvalue weighted by Crippen LogP contribution is -2.37. The number of H-pyrrole nitrogens is 1. The minimum atomic E-state index is -4.09. The number of aromatic nitrogens is 2. The van der Waals surface area contributed by atoms with E-state index >= 15 is 0 Å². The molecule has 0 unspecified atom stereocenters. The van der Waals surface area contributed by atoms with Gasteiger partial charge in [-0.15, -0.1) is 0 Å². The molecule has 1 aliphatic carbocycles. The van der Waals surface area contributed by atoms with Gasteiger partial charge in [0, 0.05) is 23.5 Å². The molecule has 1 aromatic carbocycles. The highest BCUT2D eigenvalue weighted by molar-refractivity contribution is 7.99. The van der Waals surface area contributed by atoms with Crippen molar-refractivity contribution in [1.82, 2.24) is 14.9 Å². The van der Waals surface area contributed by atoms with Gasteiger partial charge in [0.25, 0.3) is 5.56 Å². The van der Waals surface area contributed by atoms with Crippen molar-refractivity contribution in [3.05, 3.63) is 34.4 Å². The highest BCUT2D eigenvalue weighted by atomic mass is 32.2. The van der Waals surface area contributed by atoms with E-state index in [-0.39, 0.29) is 12.1 Å². The van der Waals surface area contributed by atoms with Crippen molar-refractivity contribution >= 4 is 28.4 Å². The molecule has 0 bridgehead atoms. The molecule has 1 aliphatic heterocycles. The van der Waals surface area contributed by atoms with Gasteiger partial charge in [-0.3, -0.25) is 4.79 Å². The highest BCUT2D eigenvalue weighted by Gasteiger charge is 2.29. The molecule has 2 N–H and O–H groups in total. The summed E-state index contributed by atoms with van der Waals surface area (Å²) in [7, 11) is 0. The third-order valence-corrected chi connectivity index (χ3v) is 7.57. The number of anilines is 1. The first-order valence-electron chi connectivity index (χ1n) is 11.1. The molecular formula is C22H29F3N4OS. The van der Waals surface area contributed by atoms with Gasteiger partial charge in [0.05, 0.1) is 23.1 Å². The summed E-state index contributed by atoms with van der Waals surface area (Å²) in [5, 5.41) is 4.51. The standard InChI is InChI=1S/C22H29F3N4OS/c23-22(24,25)9-12-29-10-7-17(8-11-29)31-14-20-27-19-13-16(26-15-3-1-2-4-15)5-6-18(19)21(30)28-20/h5-6,13,15,17,26H,1-4,7-12,14H2,(H,27,28,30). The van der Waals surface area contributed by atoms with Crippen molar-refractivity contribution in [3.8, 4) is 0 Å². The minimum absolute atomic E-state index is 0.0810. The molecule has 2 fully saturated rings. The van der Waals surface area contributed by atoms with Crippen LogP contribution in [0.1, 0.15) is 50.8 Å². The Bertz CT molecular complexity index is 934. The van der Waals surface area contributed by atoms with E-state index < -0.39 is 12.6 Å². The van der Waals surface area contributed by atoms with Gasteiger partial charge < -0.3 is 15.2 Å². The molecule has 0 amide bonds. The first-order chi connectivity index (χ1) is 14.9. The number of benzene rings is 1. The summed E-state index contributed by atoms with van der Waals surface area (Å²) in [6.45, 7) is 1.45. The van der Waals surface area contributed by atoms with Crippen molar-refractivity contribution in [2.75, 3.05) is 25.0 Å². The molecular weight excluding hydrogens is 425 g/mol. The smallest absolute Gasteiger partial charge is 0.382 e. The van der Waals surface area contributed by atoms with Crippen LogP contribution in [0.2, 0.25) is 0 Å². The zero-order valence-electron chi connectivity index (χ0n) is 17.5. The summed E-state index contributed by atoms with van der Waals surface area (Å²) >= 11 is 1.73. The Hall–Kier alpha value is -1.74. The number of fused-ring (bicyclic) bond motifs is 1. The molecule has 1 saturated carbocycles. The van der Waals surface area contributed by atoms with Gasteiger partial charge in [-0.25, -0.2) is 4.98 Å². The fraction of sp³-hybridized carbons (Fsp3) is 0.636. The van der Waals surface area contributed by atoms with Crippen LogP contribution >= 0.6 is 11.8 Å². The Morgan fingerprint density at radius 1 is 1.16 bits per heavy atom. The topological polar surface area (TPSA) is 61.0 Å². The summed E-state index contributed by atoms with van der Waals surface area (Å²) in [5.41, 5.74) is 1.57. The molecule has 1 saturated heterocycles. The predicted molar refractivity (Wildman–Crippen MR) is 120 cm³/mol. The first kappa shape index (κ1) is 22.5. The maximum absolute atomic E-state index is 12.5. The number of nitrogens with zero attached hydrogens (tertiary/aromatic N) is 2. The molecule has 170 valence electrons. The van der Waals surface area contributed by atoms with E-state index in [1.807, 2.05) is 23.1 Å². The molecule has 0 atom stereocenters. The van der Waals surface area contributed by atoms with Crippen LogP contribution in [0.4, 0.5) is 18.9 Å². The molecule has 1 aromatic heterocycles. The van der Waals surface area contributed by atoms with Gasteiger partial charge in [0.2, 0.25) is 0 Å². The normalized spacial score (nSPS) is 19.3. The minimum Gasteiger partial charge on any atom is -0.382 e. The molecule has 2 aliphatic rings. The largest absolute Gasteiger partial charge is 0.390 e. The molecule has 9 heteroatoms. The fourth-order valence-electron chi connectivity index (χ4n) is 4.43. The van der Waals surface area contributed by atoms with Crippen molar-refractivity contribution in [3.63, 3.8) is 0 Å². The number of rotatable bonds is 7. The van der Waals surface area contributed by atoms with Crippen molar-refractivity contribution in [2.45, 2.75) is 68.2 Å². The zero-order chi connectivity index (χ0) is 21.8. The van der Waals surface area contributed by atoms with E-state index in [0.717, 1.165) is 18.5 Å². The van der Waals surface area contributed by atoms with Crippen LogP contribution in [-0.4, -0.2) is 52.0 Å². The molecule has 4 rings (SSSR count). The summed E-state index contributed by atoms with van der Waals surface area (Å²) in [6.07, 6.45) is 1.75. The van der Waals surface area contributed by atoms with Crippen molar-refractivity contribution in [2.24, 2.45) is 0 Å². The van der Waals surface area contributed by atoms with Gasteiger partial charge in [0.1, 0.15) is 5.82 Å². The number of thioether (sulfide) groups is 1. The van der Waals surface area contributed by atoms with E-state index in [4.69, 9.17) is 0 Å². The number of halogens is 3. The summed E-state index contributed by atoms with van der Waals surface area (Å²) < 4.78 is 37.2. The van der Waals surface area contributed by atoms with Crippen LogP contribution in [0, 0.1) is 0 Å². The Kier molecular flexibility index (Phi) is 7.11. The van der Waals surface area contributed by atoms with E-state index in [2.05, 4.69) is 15.3 Å². The van der Waals surface area contributed by atoms with Crippen molar-refractivity contribution in [1.29, 1.82) is 0 Å². The summed E-state index contributed by atoms with van der Waals surface area (Å²) in [5.74, 6) is 1.25. The quantitative estimate of drug-likeness (QED) is 0.621. The third-order valence-electron chi connectivity index (χ3n) is 6.18. The second-order valence-electron chi connectivity index (χ2n) is 8.59. The predicted octanol–water partition coefficient (Wildman–Crippen LogP) is 4.93. The average molecular weight is 455 g/mol. The molecule has 2 aromatic rings. The number of likely N-dealkylation sites (tertiary alicyclic amines) is 1.